The maximum Gasteiger partial charge on any atom is 0.270 e. The molecule has 0 bridgehead atoms. The van der Waals surface area contributed by atoms with E-state index in [-0.39, 0.29) is 23.7 Å². The first-order chi connectivity index (χ1) is 16.7. The van der Waals surface area contributed by atoms with Crippen LogP contribution < -0.4 is 5.32 Å². The number of aldehydes is 1. The SMILES string of the molecule is O=C1Cc2cc([N+](=O)[O-])ccc2N1.O=Cc1c(Br)[nH]c2ccc([N+](=O)[O-])cc12.O=P(Br)(Br)Br.[2H]CF. The molecule has 35 heavy (non-hydrogen) atoms. The minimum atomic E-state index is -2.20. The van der Waals surface area contributed by atoms with Crippen LogP contribution in [0, 0.1) is 20.2 Å². The maximum atomic E-state index is 10.9. The Bertz CT molecular complexity index is 1330. The third kappa shape index (κ3) is 9.88. The normalized spacial score (nSPS) is 11.8. The van der Waals surface area contributed by atoms with Gasteiger partial charge in [0.25, 0.3) is 14.6 Å². The second-order valence-corrected chi connectivity index (χ2v) is 25.3. The minimum Gasteiger partial charge on any atom is -0.349 e. The molecule has 3 aromatic rings. The average molecular weight is 769 g/mol. The van der Waals surface area contributed by atoms with Crippen LogP contribution in [0.4, 0.5) is 21.5 Å². The summed E-state index contributed by atoms with van der Waals surface area (Å²) in [5, 5.41) is 24.1. The molecule has 11 nitrogen and oxygen atoms in total. The molecule has 1 aliphatic heterocycles. The Morgan fingerprint density at radius 3 is 2.14 bits per heavy atom. The first kappa shape index (κ1) is 29.2. The van der Waals surface area contributed by atoms with Crippen molar-refractivity contribution in [1.82, 2.24) is 4.98 Å². The van der Waals surface area contributed by atoms with E-state index < -0.39 is 20.2 Å². The molecule has 0 atom stereocenters. The molecule has 0 aliphatic carbocycles. The van der Waals surface area contributed by atoms with Crippen molar-refractivity contribution < 1.29 is 29.8 Å². The molecule has 0 radical (unpaired) electrons. The number of anilines is 1. The lowest BCUT2D eigenvalue weighted by molar-refractivity contribution is -0.385. The van der Waals surface area contributed by atoms with Gasteiger partial charge >= 0.3 is 0 Å². The number of hydrogen-bond acceptors (Lipinski definition) is 7. The van der Waals surface area contributed by atoms with E-state index in [1.807, 2.05) is 0 Å². The number of carbonyl (C=O) groups excluding carboxylic acids is 2. The summed E-state index contributed by atoms with van der Waals surface area (Å²) in [6.45, 7) is 0. The van der Waals surface area contributed by atoms with Crippen molar-refractivity contribution in [2.24, 2.45) is 0 Å². The van der Waals surface area contributed by atoms with E-state index in [9.17, 15) is 38.8 Å². The van der Waals surface area contributed by atoms with Crippen LogP contribution in [-0.4, -0.2) is 34.2 Å². The van der Waals surface area contributed by atoms with E-state index >= 15 is 0 Å². The lowest BCUT2D eigenvalue weighted by Crippen LogP contribution is -2.03. The standard InChI is InChI=1S/C9H5BrN2O3.C8H6N2O3.CH3F.Br3OP/c10-9-7(4-13)6-3-5(12(14)15)1-2-8(6)11-9;11-8-4-5-3-6(10(12)13)1-2-7(5)9-8;1-2;1-5(2,3)4/h1-4,11H;1-3H,4H2,(H,9,11);1H3;/i;;1D;. The molecule has 0 fully saturated rings. The summed E-state index contributed by atoms with van der Waals surface area (Å²) in [6, 6.07) is 8.70. The van der Waals surface area contributed by atoms with Gasteiger partial charge in [-0.15, -0.1) is 0 Å². The number of non-ortho nitro benzene ring substituents is 2. The minimum absolute atomic E-state index is 0.0234. The summed E-state index contributed by atoms with van der Waals surface area (Å²) in [7, 11) is -1.00. The van der Waals surface area contributed by atoms with Gasteiger partial charge in [-0.1, -0.05) is 0 Å². The zero-order chi connectivity index (χ0) is 27.6. The van der Waals surface area contributed by atoms with Crippen molar-refractivity contribution in [2.75, 3.05) is 12.5 Å². The zero-order valence-corrected chi connectivity index (χ0v) is 24.3. The summed E-state index contributed by atoms with van der Waals surface area (Å²) in [6.07, 6.45) is 0.893. The number of nitrogens with zero attached hydrogens (tertiary/aromatic N) is 2. The summed E-state index contributed by atoms with van der Waals surface area (Å²) >= 11 is 11.5. The van der Waals surface area contributed by atoms with E-state index in [0.717, 1.165) is 0 Å². The van der Waals surface area contributed by atoms with Gasteiger partial charge in [0.1, 0.15) is 0 Å². The Labute approximate surface area is 230 Å². The molecule has 1 aliphatic rings. The van der Waals surface area contributed by atoms with Gasteiger partial charge < -0.3 is 10.3 Å². The number of H-pyrrole nitrogens is 1. The Morgan fingerprint density at radius 2 is 1.63 bits per heavy atom. The second kappa shape index (κ2) is 13.9. The van der Waals surface area contributed by atoms with Crippen LogP contribution in [-0.2, 0) is 15.8 Å². The van der Waals surface area contributed by atoms with Crippen LogP contribution in [0.15, 0.2) is 41.0 Å². The molecule has 188 valence electrons. The largest absolute Gasteiger partial charge is 0.349 e. The van der Waals surface area contributed by atoms with Crippen molar-refractivity contribution in [1.29, 1.82) is 0 Å². The predicted octanol–water partition coefficient (Wildman–Crippen LogP) is 7.61. The summed E-state index contributed by atoms with van der Waals surface area (Å²) in [4.78, 5) is 44.5. The van der Waals surface area contributed by atoms with Gasteiger partial charge in [-0.05, 0) is 33.6 Å². The molecule has 1 aromatic heterocycles. The highest BCUT2D eigenvalue weighted by Gasteiger charge is 2.20. The number of benzene rings is 2. The number of fused-ring (bicyclic) bond motifs is 2. The van der Waals surface area contributed by atoms with E-state index in [1.165, 1.54) is 24.3 Å². The van der Waals surface area contributed by atoms with Crippen LogP contribution in [0.3, 0.4) is 0 Å². The fourth-order valence-corrected chi connectivity index (χ4v) is 3.25. The highest BCUT2D eigenvalue weighted by atomic mass is 80.0. The van der Waals surface area contributed by atoms with Gasteiger partial charge in [0, 0.05) is 87.3 Å². The number of aromatic amines is 1. The third-order valence-corrected chi connectivity index (χ3v) is 4.65. The maximum absolute atomic E-state index is 10.9. The number of nitro benzene ring substituents is 2. The molecule has 0 spiro atoms. The first-order valence-corrected chi connectivity index (χ1v) is 17.3. The topological polar surface area (TPSA) is 165 Å². The Hall–Kier alpha value is -2.00. The highest BCUT2D eigenvalue weighted by Crippen LogP contribution is 2.68. The number of hydrogen-bond donors (Lipinski definition) is 2. The molecule has 0 saturated heterocycles. The molecular formula is C18H14Br4FN4O7P. The fraction of sp³-hybridized carbons (Fsp3) is 0.111. The molecule has 4 rings (SSSR count). The number of halogens is 5. The lowest BCUT2D eigenvalue weighted by atomic mass is 10.1. The summed E-state index contributed by atoms with van der Waals surface area (Å²) in [5.74, 6) is -0.115. The molecular weight excluding hydrogens is 754 g/mol. The Morgan fingerprint density at radius 1 is 1.11 bits per heavy atom. The molecule has 2 N–H and O–H groups in total. The van der Waals surface area contributed by atoms with Crippen LogP contribution in [0.5, 0.6) is 0 Å². The van der Waals surface area contributed by atoms with Crippen LogP contribution in [0.1, 0.15) is 17.3 Å². The highest BCUT2D eigenvalue weighted by molar-refractivity contribution is 9.94. The van der Waals surface area contributed by atoms with E-state index in [1.54, 1.807) is 12.1 Å². The number of aromatic nitrogens is 1. The quantitative estimate of drug-likeness (QED) is 0.120. The number of nitrogens with one attached hydrogen (secondary N) is 2. The molecule has 0 unspecified atom stereocenters. The van der Waals surface area contributed by atoms with Gasteiger partial charge in [-0.2, -0.15) is 0 Å². The monoisotopic (exact) mass is 765 g/mol. The molecule has 0 saturated carbocycles. The number of rotatable bonds is 3. The van der Waals surface area contributed by atoms with Crippen molar-refractivity contribution in [3.8, 4) is 0 Å². The van der Waals surface area contributed by atoms with Crippen molar-refractivity contribution >= 4 is 106 Å². The van der Waals surface area contributed by atoms with Gasteiger partial charge in [-0.3, -0.25) is 38.8 Å². The van der Waals surface area contributed by atoms with Gasteiger partial charge in [0.15, 0.2) is 6.29 Å². The number of nitro groups is 2. The average Bonchev–Trinajstić information content (AvgIpc) is 3.29. The van der Waals surface area contributed by atoms with Crippen LogP contribution >= 0.6 is 65.6 Å². The van der Waals surface area contributed by atoms with E-state index in [0.29, 0.717) is 38.6 Å². The van der Waals surface area contributed by atoms with Gasteiger partial charge in [0.2, 0.25) is 5.91 Å². The summed E-state index contributed by atoms with van der Waals surface area (Å²) in [5.41, 5.74) is 2.45. The molecule has 17 heteroatoms. The van der Waals surface area contributed by atoms with Crippen molar-refractivity contribution in [3.63, 3.8) is 0 Å². The first-order valence-electron chi connectivity index (χ1n) is 9.44. The number of amides is 1. The van der Waals surface area contributed by atoms with Gasteiger partial charge in [-0.25, -0.2) is 0 Å². The van der Waals surface area contributed by atoms with Crippen molar-refractivity contribution in [3.05, 3.63) is 72.4 Å². The molecule has 1 amide bonds. The second-order valence-electron chi connectivity index (χ2n) is 6.18. The smallest absolute Gasteiger partial charge is 0.270 e. The predicted molar refractivity (Wildman–Crippen MR) is 145 cm³/mol. The van der Waals surface area contributed by atoms with E-state index in [4.69, 9.17) is 1.37 Å². The Kier molecular flexibility index (Phi) is 11.6. The summed E-state index contributed by atoms with van der Waals surface area (Å²) < 4.78 is 23.8. The van der Waals surface area contributed by atoms with Crippen molar-refractivity contribution in [2.45, 2.75) is 6.42 Å². The number of alkyl halides is 1. The number of carbonyl (C=O) groups is 2. The molecule has 2 heterocycles. The van der Waals surface area contributed by atoms with Crippen LogP contribution in [0.2, 0.25) is 0 Å². The van der Waals surface area contributed by atoms with Gasteiger partial charge in [0.05, 0.1) is 35.0 Å². The third-order valence-electron chi connectivity index (χ3n) is 4.03. The van der Waals surface area contributed by atoms with E-state index in [2.05, 4.69) is 72.7 Å². The van der Waals surface area contributed by atoms with Crippen LogP contribution in [0.25, 0.3) is 10.9 Å². The fourth-order valence-electron chi connectivity index (χ4n) is 2.73. The molecule has 2 aromatic carbocycles. The Balaban J connectivity index is 0.000000281. The lowest BCUT2D eigenvalue weighted by Gasteiger charge is -1.96. The zero-order valence-electron chi connectivity index (χ0n) is 18.0.